The van der Waals surface area contributed by atoms with E-state index in [1.165, 1.54) is 29.1 Å². The largest absolute Gasteiger partial charge is 0.504 e. The number of hydrogen-bond acceptors (Lipinski definition) is 5. The van der Waals surface area contributed by atoms with Crippen LogP contribution in [0.25, 0.3) is 6.08 Å². The first-order valence-corrected chi connectivity index (χ1v) is 9.83. The van der Waals surface area contributed by atoms with Gasteiger partial charge in [0.2, 0.25) is 0 Å². The number of nitrogens with zero attached hydrogens (tertiary/aromatic N) is 2. The first-order valence-electron chi connectivity index (χ1n) is 9.43. The second-order valence-electron chi connectivity index (χ2n) is 6.72. The monoisotopic (exact) mass is 430 g/mol. The summed E-state index contributed by atoms with van der Waals surface area (Å²) in [4.78, 5) is 29.4. The highest BCUT2D eigenvalue weighted by molar-refractivity contribution is 7.81. The Morgan fingerprint density at radius 1 is 0.839 bits per heavy atom. The summed E-state index contributed by atoms with van der Waals surface area (Å²) in [5, 5.41) is 10.2. The molecule has 0 unspecified atom stereocenters. The maximum absolute atomic E-state index is 13.4. The van der Waals surface area contributed by atoms with Crippen LogP contribution in [-0.2, 0) is 9.59 Å². The summed E-state index contributed by atoms with van der Waals surface area (Å²) in [7, 11) is 1.44. The van der Waals surface area contributed by atoms with Crippen LogP contribution < -0.4 is 14.5 Å². The van der Waals surface area contributed by atoms with Gasteiger partial charge in [-0.05, 0) is 60.3 Å². The van der Waals surface area contributed by atoms with Crippen molar-refractivity contribution in [3.05, 3.63) is 90.0 Å². The number of carbonyl (C=O) groups is 2. The number of amides is 2. The quantitative estimate of drug-likeness (QED) is 0.383. The number of benzene rings is 3. The van der Waals surface area contributed by atoms with E-state index in [9.17, 15) is 14.7 Å². The molecule has 1 heterocycles. The molecule has 6 nitrogen and oxygen atoms in total. The van der Waals surface area contributed by atoms with E-state index >= 15 is 0 Å². The molecule has 7 heteroatoms. The van der Waals surface area contributed by atoms with Crippen LogP contribution in [0.2, 0.25) is 0 Å². The predicted molar refractivity (Wildman–Crippen MR) is 123 cm³/mol. The third-order valence-electron chi connectivity index (χ3n) is 4.79. The molecular weight excluding hydrogens is 412 g/mol. The van der Waals surface area contributed by atoms with Crippen molar-refractivity contribution in [1.82, 2.24) is 0 Å². The lowest BCUT2D eigenvalue weighted by molar-refractivity contribution is -0.120. The standard InChI is InChI=1S/C24H18N2O4S/c1-30-21-13-12-16(15-20(21)27)14-19-22(28)25(17-8-4-2-5-9-17)24(31)26(23(19)29)18-10-6-3-7-11-18/h2-15,27H,1H3. The number of hydrogen-bond donors (Lipinski definition) is 1. The maximum atomic E-state index is 13.4. The van der Waals surface area contributed by atoms with E-state index in [0.29, 0.717) is 22.7 Å². The maximum Gasteiger partial charge on any atom is 0.270 e. The van der Waals surface area contributed by atoms with Gasteiger partial charge in [-0.3, -0.25) is 19.4 Å². The summed E-state index contributed by atoms with van der Waals surface area (Å²) in [6.45, 7) is 0. The number of ether oxygens (including phenoxy) is 1. The van der Waals surface area contributed by atoms with Crippen LogP contribution in [0.1, 0.15) is 5.56 Å². The third kappa shape index (κ3) is 3.78. The fourth-order valence-corrected chi connectivity index (χ4v) is 3.68. The molecule has 154 valence electrons. The van der Waals surface area contributed by atoms with Crippen molar-refractivity contribution in [2.45, 2.75) is 0 Å². The number of para-hydroxylation sites is 2. The Bertz CT molecular complexity index is 1130. The second kappa shape index (κ2) is 8.41. The second-order valence-corrected chi connectivity index (χ2v) is 7.09. The van der Waals surface area contributed by atoms with Crippen molar-refractivity contribution in [2.24, 2.45) is 0 Å². The van der Waals surface area contributed by atoms with E-state index in [-0.39, 0.29) is 16.4 Å². The van der Waals surface area contributed by atoms with Gasteiger partial charge in [-0.1, -0.05) is 42.5 Å². The number of aromatic hydroxyl groups is 1. The van der Waals surface area contributed by atoms with Gasteiger partial charge in [0.15, 0.2) is 16.6 Å². The number of anilines is 2. The van der Waals surface area contributed by atoms with Gasteiger partial charge in [-0.15, -0.1) is 0 Å². The topological polar surface area (TPSA) is 70.1 Å². The lowest BCUT2D eigenvalue weighted by Crippen LogP contribution is -2.56. The Morgan fingerprint density at radius 3 is 1.81 bits per heavy atom. The molecule has 0 radical (unpaired) electrons. The number of carbonyl (C=O) groups excluding carboxylic acids is 2. The van der Waals surface area contributed by atoms with Gasteiger partial charge in [0, 0.05) is 0 Å². The summed E-state index contributed by atoms with van der Waals surface area (Å²) >= 11 is 5.56. The number of phenolic OH excluding ortho intramolecular Hbond substituents is 1. The zero-order chi connectivity index (χ0) is 22.0. The third-order valence-corrected chi connectivity index (χ3v) is 5.16. The molecule has 1 N–H and O–H groups in total. The van der Waals surface area contributed by atoms with Crippen molar-refractivity contribution in [3.63, 3.8) is 0 Å². The average Bonchev–Trinajstić information content (AvgIpc) is 2.78. The normalized spacial score (nSPS) is 14.1. The molecular formula is C24H18N2O4S. The lowest BCUT2D eigenvalue weighted by atomic mass is 10.0. The Labute approximate surface area is 184 Å². The number of thiocarbonyl (C=S) groups is 1. The van der Waals surface area contributed by atoms with Crippen LogP contribution in [-0.4, -0.2) is 29.1 Å². The highest BCUT2D eigenvalue weighted by Crippen LogP contribution is 2.31. The van der Waals surface area contributed by atoms with Gasteiger partial charge in [0.05, 0.1) is 18.5 Å². The van der Waals surface area contributed by atoms with Crippen LogP contribution in [0.5, 0.6) is 11.5 Å². The first kappa shape index (κ1) is 20.3. The molecule has 1 aliphatic heterocycles. The zero-order valence-corrected chi connectivity index (χ0v) is 17.4. The lowest BCUT2D eigenvalue weighted by Gasteiger charge is -2.36. The van der Waals surface area contributed by atoms with Gasteiger partial charge in [0.1, 0.15) is 5.57 Å². The fourth-order valence-electron chi connectivity index (χ4n) is 3.30. The molecule has 0 bridgehead atoms. The number of rotatable bonds is 4. The molecule has 0 spiro atoms. The molecule has 1 saturated heterocycles. The highest BCUT2D eigenvalue weighted by atomic mass is 32.1. The molecule has 2 amide bonds. The smallest absolute Gasteiger partial charge is 0.270 e. The Morgan fingerprint density at radius 2 is 1.35 bits per heavy atom. The molecule has 0 atom stereocenters. The predicted octanol–water partition coefficient (Wildman–Crippen LogP) is 4.15. The van der Waals surface area contributed by atoms with E-state index in [1.807, 2.05) is 12.1 Å². The van der Waals surface area contributed by atoms with Crippen molar-refractivity contribution in [3.8, 4) is 11.5 Å². The van der Waals surface area contributed by atoms with Crippen molar-refractivity contribution >= 4 is 46.6 Å². The average molecular weight is 430 g/mol. The number of phenols is 1. The molecule has 3 aromatic carbocycles. The summed E-state index contributed by atoms with van der Waals surface area (Å²) in [5.41, 5.74) is 1.50. The minimum absolute atomic E-state index is 0.0714. The summed E-state index contributed by atoms with van der Waals surface area (Å²) in [5.74, 6) is -0.878. The van der Waals surface area contributed by atoms with Crippen LogP contribution in [0.3, 0.4) is 0 Å². The van der Waals surface area contributed by atoms with E-state index in [0.717, 1.165) is 0 Å². The van der Waals surface area contributed by atoms with E-state index in [1.54, 1.807) is 60.7 Å². The van der Waals surface area contributed by atoms with E-state index in [2.05, 4.69) is 0 Å². The van der Waals surface area contributed by atoms with Crippen LogP contribution in [0, 0.1) is 0 Å². The summed E-state index contributed by atoms with van der Waals surface area (Å²) in [6, 6.07) is 22.5. The van der Waals surface area contributed by atoms with Crippen molar-refractivity contribution in [2.75, 3.05) is 16.9 Å². The van der Waals surface area contributed by atoms with Gasteiger partial charge in [0.25, 0.3) is 11.8 Å². The summed E-state index contributed by atoms with van der Waals surface area (Å²) in [6.07, 6.45) is 1.44. The summed E-state index contributed by atoms with van der Waals surface area (Å²) < 4.78 is 5.06. The van der Waals surface area contributed by atoms with Gasteiger partial charge >= 0.3 is 0 Å². The SMILES string of the molecule is COc1ccc(C=C2C(=O)N(c3ccccc3)C(=S)N(c3ccccc3)C2=O)cc1O. The molecule has 3 aromatic rings. The number of methoxy groups -OCH3 is 1. The van der Waals surface area contributed by atoms with Crippen molar-refractivity contribution in [1.29, 1.82) is 0 Å². The Hall–Kier alpha value is -3.97. The van der Waals surface area contributed by atoms with E-state index < -0.39 is 11.8 Å². The minimum atomic E-state index is -0.538. The molecule has 0 aromatic heterocycles. The molecule has 1 fully saturated rings. The van der Waals surface area contributed by atoms with Gasteiger partial charge < -0.3 is 9.84 Å². The zero-order valence-electron chi connectivity index (χ0n) is 16.6. The molecule has 4 rings (SSSR count). The Balaban J connectivity index is 1.85. The van der Waals surface area contributed by atoms with Gasteiger partial charge in [-0.2, -0.15) is 0 Å². The van der Waals surface area contributed by atoms with Crippen LogP contribution in [0.4, 0.5) is 11.4 Å². The molecule has 0 saturated carbocycles. The molecule has 0 aliphatic carbocycles. The van der Waals surface area contributed by atoms with Crippen molar-refractivity contribution < 1.29 is 19.4 Å². The fraction of sp³-hybridized carbons (Fsp3) is 0.0417. The van der Waals surface area contributed by atoms with Gasteiger partial charge in [-0.25, -0.2) is 0 Å². The first-order chi connectivity index (χ1) is 15.0. The molecule has 31 heavy (non-hydrogen) atoms. The highest BCUT2D eigenvalue weighted by Gasteiger charge is 2.41. The van der Waals surface area contributed by atoms with Crippen LogP contribution >= 0.6 is 12.2 Å². The minimum Gasteiger partial charge on any atom is -0.504 e. The van der Waals surface area contributed by atoms with Crippen LogP contribution in [0.15, 0.2) is 84.4 Å². The van der Waals surface area contributed by atoms with E-state index in [4.69, 9.17) is 17.0 Å². The molecule has 1 aliphatic rings. The Kier molecular flexibility index (Phi) is 5.51.